The largest absolute Gasteiger partial charge is 0.380 e. The minimum atomic E-state index is 0.421. The van der Waals surface area contributed by atoms with E-state index in [1.807, 2.05) is 7.11 Å². The number of nitrogens with one attached hydrogen (secondary N) is 1. The number of hydrogen-bond donors (Lipinski definition) is 1. The highest BCUT2D eigenvalue weighted by atomic mass is 16.5. The number of likely N-dealkylation sites (N-methyl/N-ethyl adjacent to an activating group) is 1. The fourth-order valence-corrected chi connectivity index (χ4v) is 2.54. The van der Waals surface area contributed by atoms with Crippen molar-refractivity contribution in [3.05, 3.63) is 0 Å². The number of piperidine rings is 1. The van der Waals surface area contributed by atoms with Gasteiger partial charge >= 0.3 is 0 Å². The summed E-state index contributed by atoms with van der Waals surface area (Å²) in [6.45, 7) is 11.3. The number of methoxy groups -OCH3 is 1. The normalized spacial score (nSPS) is 29.2. The van der Waals surface area contributed by atoms with E-state index in [9.17, 15) is 0 Å². The Balaban J connectivity index is 2.45. The molecule has 3 nitrogen and oxygen atoms in total. The van der Waals surface area contributed by atoms with Crippen LogP contribution in [0.5, 0.6) is 0 Å². The highest BCUT2D eigenvalue weighted by molar-refractivity contribution is 4.83. The molecule has 0 bridgehead atoms. The lowest BCUT2D eigenvalue weighted by molar-refractivity contribution is -0.0193. The Labute approximate surface area is 101 Å². The molecule has 0 aromatic rings. The maximum absolute atomic E-state index is 5.57. The molecule has 1 heterocycles. The van der Waals surface area contributed by atoms with E-state index in [0.29, 0.717) is 18.1 Å². The second-order valence-corrected chi connectivity index (χ2v) is 4.90. The lowest BCUT2D eigenvalue weighted by Crippen LogP contribution is -2.51. The predicted octanol–water partition coefficient (Wildman–Crippen LogP) is 1.73. The summed E-state index contributed by atoms with van der Waals surface area (Å²) in [5.74, 6) is 0.706. The molecule has 1 aliphatic rings. The minimum absolute atomic E-state index is 0.421. The van der Waals surface area contributed by atoms with E-state index in [1.165, 1.54) is 19.4 Å². The summed E-state index contributed by atoms with van der Waals surface area (Å²) in [5.41, 5.74) is 0. The first kappa shape index (κ1) is 13.9. The Morgan fingerprint density at radius 1 is 1.44 bits per heavy atom. The Kier molecular flexibility index (Phi) is 6.32. The average molecular weight is 228 g/mol. The molecule has 0 aromatic heterocycles. The van der Waals surface area contributed by atoms with Gasteiger partial charge in [0.1, 0.15) is 0 Å². The summed E-state index contributed by atoms with van der Waals surface area (Å²) in [7, 11) is 1.84. The van der Waals surface area contributed by atoms with Gasteiger partial charge in [-0.2, -0.15) is 0 Å². The summed E-state index contributed by atoms with van der Waals surface area (Å²) < 4.78 is 5.57. The number of likely N-dealkylation sites (tertiary alicyclic amines) is 1. The standard InChI is InChI=1S/C13H28N2O/c1-5-12(9-14-6-2)15-8-7-11(3)13(10-15)16-4/h11-14H,5-10H2,1-4H3. The van der Waals surface area contributed by atoms with Gasteiger partial charge in [0.2, 0.25) is 0 Å². The molecule has 0 amide bonds. The SMILES string of the molecule is CCNCC(CC)N1CCC(C)C(OC)C1. The Hall–Kier alpha value is -0.120. The Bertz CT molecular complexity index is 187. The molecule has 1 rings (SSSR count). The van der Waals surface area contributed by atoms with Gasteiger partial charge < -0.3 is 10.1 Å². The van der Waals surface area contributed by atoms with Gasteiger partial charge in [-0.3, -0.25) is 4.90 Å². The van der Waals surface area contributed by atoms with Crippen LogP contribution in [0.1, 0.15) is 33.6 Å². The van der Waals surface area contributed by atoms with Crippen LogP contribution in [0.4, 0.5) is 0 Å². The molecule has 0 spiro atoms. The predicted molar refractivity (Wildman–Crippen MR) is 68.8 cm³/mol. The van der Waals surface area contributed by atoms with E-state index < -0.39 is 0 Å². The molecular formula is C13H28N2O. The third kappa shape index (κ3) is 3.72. The fourth-order valence-electron chi connectivity index (χ4n) is 2.54. The van der Waals surface area contributed by atoms with Crippen LogP contribution in [0.25, 0.3) is 0 Å². The maximum atomic E-state index is 5.57. The first-order chi connectivity index (χ1) is 7.72. The Morgan fingerprint density at radius 2 is 2.19 bits per heavy atom. The molecule has 1 fully saturated rings. The molecule has 1 N–H and O–H groups in total. The summed E-state index contributed by atoms with van der Waals surface area (Å²) in [6.07, 6.45) is 2.91. The number of rotatable bonds is 6. The van der Waals surface area contributed by atoms with Crippen LogP contribution in [0, 0.1) is 5.92 Å². The van der Waals surface area contributed by atoms with Gasteiger partial charge in [0.15, 0.2) is 0 Å². The molecule has 1 saturated heterocycles. The van der Waals surface area contributed by atoms with Crippen molar-refractivity contribution in [1.29, 1.82) is 0 Å². The zero-order valence-electron chi connectivity index (χ0n) is 11.3. The van der Waals surface area contributed by atoms with Gasteiger partial charge in [-0.25, -0.2) is 0 Å². The molecule has 3 heteroatoms. The van der Waals surface area contributed by atoms with Crippen molar-refractivity contribution < 1.29 is 4.74 Å². The minimum Gasteiger partial charge on any atom is -0.380 e. The zero-order chi connectivity index (χ0) is 12.0. The second-order valence-electron chi connectivity index (χ2n) is 4.90. The smallest absolute Gasteiger partial charge is 0.0724 e. The van der Waals surface area contributed by atoms with Gasteiger partial charge in [-0.15, -0.1) is 0 Å². The molecule has 0 aromatic carbocycles. The van der Waals surface area contributed by atoms with Crippen LogP contribution in [0.15, 0.2) is 0 Å². The number of nitrogens with zero attached hydrogens (tertiary/aromatic N) is 1. The van der Waals surface area contributed by atoms with E-state index in [4.69, 9.17) is 4.74 Å². The van der Waals surface area contributed by atoms with Crippen LogP contribution in [-0.2, 0) is 4.74 Å². The topological polar surface area (TPSA) is 24.5 Å². The number of ether oxygens (including phenoxy) is 1. The Morgan fingerprint density at radius 3 is 2.75 bits per heavy atom. The van der Waals surface area contributed by atoms with Crippen molar-refractivity contribution in [3.63, 3.8) is 0 Å². The quantitative estimate of drug-likeness (QED) is 0.749. The van der Waals surface area contributed by atoms with Crippen LogP contribution < -0.4 is 5.32 Å². The van der Waals surface area contributed by atoms with Crippen LogP contribution in [-0.4, -0.2) is 50.3 Å². The molecule has 16 heavy (non-hydrogen) atoms. The fraction of sp³-hybridized carbons (Fsp3) is 1.00. The summed E-state index contributed by atoms with van der Waals surface area (Å²) in [6, 6.07) is 0.671. The van der Waals surface area contributed by atoms with Gasteiger partial charge in [-0.05, 0) is 31.8 Å². The molecule has 1 aliphatic heterocycles. The third-order valence-electron chi connectivity index (χ3n) is 3.84. The summed E-state index contributed by atoms with van der Waals surface area (Å²) in [5, 5.41) is 3.46. The lowest BCUT2D eigenvalue weighted by atomic mass is 9.94. The molecule has 0 radical (unpaired) electrons. The van der Waals surface area contributed by atoms with Gasteiger partial charge in [0.05, 0.1) is 6.10 Å². The first-order valence-electron chi connectivity index (χ1n) is 6.70. The first-order valence-corrected chi connectivity index (χ1v) is 6.70. The van der Waals surface area contributed by atoms with Crippen molar-refractivity contribution >= 4 is 0 Å². The van der Waals surface area contributed by atoms with Gasteiger partial charge in [0.25, 0.3) is 0 Å². The van der Waals surface area contributed by atoms with Gasteiger partial charge in [0, 0.05) is 26.2 Å². The lowest BCUT2D eigenvalue weighted by Gasteiger charge is -2.40. The zero-order valence-corrected chi connectivity index (χ0v) is 11.3. The van der Waals surface area contributed by atoms with Crippen LogP contribution >= 0.6 is 0 Å². The monoisotopic (exact) mass is 228 g/mol. The van der Waals surface area contributed by atoms with Crippen molar-refractivity contribution in [3.8, 4) is 0 Å². The second kappa shape index (κ2) is 7.25. The molecule has 96 valence electrons. The molecule has 0 saturated carbocycles. The van der Waals surface area contributed by atoms with Crippen molar-refractivity contribution in [2.75, 3.05) is 33.3 Å². The average Bonchev–Trinajstić information content (AvgIpc) is 2.32. The van der Waals surface area contributed by atoms with E-state index >= 15 is 0 Å². The summed E-state index contributed by atoms with van der Waals surface area (Å²) in [4.78, 5) is 2.59. The van der Waals surface area contributed by atoms with Crippen molar-refractivity contribution in [2.45, 2.75) is 45.8 Å². The number of hydrogen-bond acceptors (Lipinski definition) is 3. The van der Waals surface area contributed by atoms with E-state index in [-0.39, 0.29) is 0 Å². The molecule has 3 atom stereocenters. The summed E-state index contributed by atoms with van der Waals surface area (Å²) >= 11 is 0. The van der Waals surface area contributed by atoms with Crippen molar-refractivity contribution in [2.24, 2.45) is 5.92 Å². The molecule has 0 aliphatic carbocycles. The maximum Gasteiger partial charge on any atom is 0.0724 e. The highest BCUT2D eigenvalue weighted by Gasteiger charge is 2.29. The third-order valence-corrected chi connectivity index (χ3v) is 3.84. The van der Waals surface area contributed by atoms with Crippen LogP contribution in [0.3, 0.4) is 0 Å². The van der Waals surface area contributed by atoms with E-state index in [1.54, 1.807) is 0 Å². The molecular weight excluding hydrogens is 200 g/mol. The van der Waals surface area contributed by atoms with E-state index in [0.717, 1.165) is 19.6 Å². The van der Waals surface area contributed by atoms with E-state index in [2.05, 4.69) is 31.0 Å². The molecule has 3 unspecified atom stereocenters. The van der Waals surface area contributed by atoms with Crippen molar-refractivity contribution in [1.82, 2.24) is 10.2 Å². The van der Waals surface area contributed by atoms with Crippen LogP contribution in [0.2, 0.25) is 0 Å². The highest BCUT2D eigenvalue weighted by Crippen LogP contribution is 2.21. The van der Waals surface area contributed by atoms with Gasteiger partial charge in [-0.1, -0.05) is 20.8 Å².